The van der Waals surface area contributed by atoms with Crippen LogP contribution in [0.25, 0.3) is 0 Å². The van der Waals surface area contributed by atoms with Gasteiger partial charge in [-0.3, -0.25) is 4.79 Å². The molecule has 1 rings (SSSR count). The molecule has 6 nitrogen and oxygen atoms in total. The molecule has 1 fully saturated rings. The quantitative estimate of drug-likeness (QED) is 0.716. The van der Waals surface area contributed by atoms with E-state index in [4.69, 9.17) is 24.7 Å². The number of hydrogen-bond acceptors (Lipinski definition) is 6. The van der Waals surface area contributed by atoms with Crippen molar-refractivity contribution in [2.75, 3.05) is 26.4 Å². The van der Waals surface area contributed by atoms with E-state index in [1.807, 2.05) is 6.92 Å². The number of nitrogens with two attached hydrogens (primary N) is 1. The van der Waals surface area contributed by atoms with Crippen LogP contribution in [0.2, 0.25) is 0 Å². The molecule has 6 heteroatoms. The molecule has 0 saturated carbocycles. The summed E-state index contributed by atoms with van der Waals surface area (Å²) >= 11 is 0. The predicted octanol–water partition coefficient (Wildman–Crippen LogP) is 1.75. The van der Waals surface area contributed by atoms with Crippen LogP contribution in [0.1, 0.15) is 41.0 Å². The fourth-order valence-corrected chi connectivity index (χ4v) is 2.31. The SMILES string of the molecule is CC[C@@H]1OC(=O)[C@@H](N)COC[C@H](OCC(C)C)[C@H]1OCC(C)C. The lowest BCUT2D eigenvalue weighted by atomic mass is 10.0. The lowest BCUT2D eigenvalue weighted by Gasteiger charge is -2.32. The van der Waals surface area contributed by atoms with Gasteiger partial charge in [-0.15, -0.1) is 0 Å². The third-order valence-electron chi connectivity index (χ3n) is 3.55. The molecule has 1 aliphatic rings. The Bertz CT molecular complexity index is 348. The van der Waals surface area contributed by atoms with E-state index >= 15 is 0 Å². The van der Waals surface area contributed by atoms with Crippen molar-refractivity contribution in [2.24, 2.45) is 17.6 Å². The first kappa shape index (κ1) is 20.4. The maximum absolute atomic E-state index is 12.0. The normalized spacial score (nSPS) is 30.0. The van der Waals surface area contributed by atoms with Crippen molar-refractivity contribution in [2.45, 2.75) is 65.4 Å². The second-order valence-corrected chi connectivity index (χ2v) is 6.98. The fraction of sp³-hybridized carbons (Fsp3) is 0.941. The highest BCUT2D eigenvalue weighted by atomic mass is 16.6. The monoisotopic (exact) mass is 331 g/mol. The molecule has 1 saturated heterocycles. The summed E-state index contributed by atoms with van der Waals surface area (Å²) in [6.45, 7) is 12.0. The Hall–Kier alpha value is -0.690. The molecule has 23 heavy (non-hydrogen) atoms. The maximum atomic E-state index is 12.0. The van der Waals surface area contributed by atoms with E-state index in [0.29, 0.717) is 38.1 Å². The summed E-state index contributed by atoms with van der Waals surface area (Å²) in [5, 5.41) is 0. The molecule has 136 valence electrons. The molecule has 0 radical (unpaired) electrons. The van der Waals surface area contributed by atoms with E-state index in [-0.39, 0.29) is 24.9 Å². The van der Waals surface area contributed by atoms with Gasteiger partial charge in [0.05, 0.1) is 13.2 Å². The van der Waals surface area contributed by atoms with Crippen LogP contribution in [0.3, 0.4) is 0 Å². The summed E-state index contributed by atoms with van der Waals surface area (Å²) < 4.78 is 23.2. The minimum absolute atomic E-state index is 0.133. The van der Waals surface area contributed by atoms with Crippen LogP contribution in [0.15, 0.2) is 0 Å². The minimum atomic E-state index is -0.765. The minimum Gasteiger partial charge on any atom is -0.458 e. The number of carbonyl (C=O) groups is 1. The topological polar surface area (TPSA) is 80.0 Å². The first-order valence-corrected chi connectivity index (χ1v) is 8.62. The zero-order valence-corrected chi connectivity index (χ0v) is 15.1. The van der Waals surface area contributed by atoms with E-state index in [2.05, 4.69) is 27.7 Å². The van der Waals surface area contributed by atoms with Crippen molar-refractivity contribution in [1.82, 2.24) is 0 Å². The van der Waals surface area contributed by atoms with Gasteiger partial charge in [0, 0.05) is 13.2 Å². The van der Waals surface area contributed by atoms with Crippen LogP contribution < -0.4 is 5.73 Å². The van der Waals surface area contributed by atoms with Crippen LogP contribution >= 0.6 is 0 Å². The van der Waals surface area contributed by atoms with Crippen molar-refractivity contribution in [3.8, 4) is 0 Å². The largest absolute Gasteiger partial charge is 0.458 e. The molecule has 1 aliphatic heterocycles. The zero-order valence-electron chi connectivity index (χ0n) is 15.1. The number of ether oxygens (including phenoxy) is 4. The van der Waals surface area contributed by atoms with Gasteiger partial charge >= 0.3 is 5.97 Å². The molecule has 2 N–H and O–H groups in total. The van der Waals surface area contributed by atoms with Crippen molar-refractivity contribution in [1.29, 1.82) is 0 Å². The standard InChI is InChI=1S/C17H33NO5/c1-6-14-16(22-8-12(4)5)15(21-7-11(2)3)10-20-9-13(18)17(19)23-14/h11-16H,6-10,18H2,1-5H3/t13-,14-,15-,16-/m0/s1. The summed E-state index contributed by atoms with van der Waals surface area (Å²) in [5.41, 5.74) is 5.79. The Morgan fingerprint density at radius 2 is 1.74 bits per heavy atom. The van der Waals surface area contributed by atoms with Gasteiger partial charge in [0.1, 0.15) is 24.4 Å². The van der Waals surface area contributed by atoms with Crippen molar-refractivity contribution in [3.63, 3.8) is 0 Å². The number of cyclic esters (lactones) is 1. The second kappa shape index (κ2) is 10.2. The predicted molar refractivity (Wildman–Crippen MR) is 88.1 cm³/mol. The van der Waals surface area contributed by atoms with Crippen LogP contribution in [0.4, 0.5) is 0 Å². The molecule has 0 spiro atoms. The lowest BCUT2D eigenvalue weighted by molar-refractivity contribution is -0.172. The summed E-state index contributed by atoms with van der Waals surface area (Å²) in [4.78, 5) is 12.0. The van der Waals surface area contributed by atoms with Gasteiger partial charge in [-0.05, 0) is 18.3 Å². The summed E-state index contributed by atoms with van der Waals surface area (Å²) in [5.74, 6) is 0.336. The Morgan fingerprint density at radius 3 is 2.30 bits per heavy atom. The molecule has 0 aromatic carbocycles. The first-order chi connectivity index (χ1) is 10.8. The molecule has 4 atom stereocenters. The second-order valence-electron chi connectivity index (χ2n) is 6.98. The molecule has 0 unspecified atom stereocenters. The van der Waals surface area contributed by atoms with Gasteiger partial charge in [0.15, 0.2) is 0 Å². The van der Waals surface area contributed by atoms with Gasteiger partial charge in [-0.25, -0.2) is 0 Å². The number of esters is 1. The number of rotatable bonds is 7. The van der Waals surface area contributed by atoms with Crippen LogP contribution in [0, 0.1) is 11.8 Å². The number of hydrogen-bond donors (Lipinski definition) is 1. The van der Waals surface area contributed by atoms with Gasteiger partial charge in [-0.1, -0.05) is 34.6 Å². The Labute approximate surface area is 140 Å². The highest BCUT2D eigenvalue weighted by molar-refractivity contribution is 5.75. The van der Waals surface area contributed by atoms with Crippen molar-refractivity contribution in [3.05, 3.63) is 0 Å². The van der Waals surface area contributed by atoms with Crippen molar-refractivity contribution < 1.29 is 23.7 Å². The Morgan fingerprint density at radius 1 is 1.13 bits per heavy atom. The first-order valence-electron chi connectivity index (χ1n) is 8.62. The van der Waals surface area contributed by atoms with Gasteiger partial charge in [0.2, 0.25) is 0 Å². The summed E-state index contributed by atoms with van der Waals surface area (Å²) in [7, 11) is 0. The van der Waals surface area contributed by atoms with Gasteiger partial charge in [0.25, 0.3) is 0 Å². The van der Waals surface area contributed by atoms with Crippen LogP contribution in [-0.2, 0) is 23.7 Å². The average molecular weight is 331 g/mol. The Balaban J connectivity index is 2.90. The summed E-state index contributed by atoms with van der Waals surface area (Å²) in [6.07, 6.45) is -0.372. The molecule has 0 bridgehead atoms. The molecule has 0 aromatic heterocycles. The lowest BCUT2D eigenvalue weighted by Crippen LogP contribution is -2.46. The molecular formula is C17H33NO5. The van der Waals surface area contributed by atoms with E-state index in [1.165, 1.54) is 0 Å². The highest BCUT2D eigenvalue weighted by Crippen LogP contribution is 2.20. The summed E-state index contributed by atoms with van der Waals surface area (Å²) in [6, 6.07) is -0.765. The van der Waals surface area contributed by atoms with E-state index in [0.717, 1.165) is 0 Å². The molecule has 0 amide bonds. The third-order valence-corrected chi connectivity index (χ3v) is 3.55. The number of carbonyl (C=O) groups excluding carboxylic acids is 1. The molecule has 0 aromatic rings. The van der Waals surface area contributed by atoms with Gasteiger partial charge < -0.3 is 24.7 Å². The van der Waals surface area contributed by atoms with Crippen LogP contribution in [0.5, 0.6) is 0 Å². The van der Waals surface area contributed by atoms with Gasteiger partial charge in [-0.2, -0.15) is 0 Å². The van der Waals surface area contributed by atoms with Crippen LogP contribution in [-0.4, -0.2) is 56.8 Å². The van der Waals surface area contributed by atoms with E-state index in [9.17, 15) is 4.79 Å². The highest BCUT2D eigenvalue weighted by Gasteiger charge is 2.36. The van der Waals surface area contributed by atoms with E-state index in [1.54, 1.807) is 0 Å². The molecule has 1 heterocycles. The third kappa shape index (κ3) is 7.16. The smallest absolute Gasteiger partial charge is 0.325 e. The Kier molecular flexibility index (Phi) is 9.06. The molecule has 0 aliphatic carbocycles. The molecular weight excluding hydrogens is 298 g/mol. The zero-order chi connectivity index (χ0) is 17.4. The fourth-order valence-electron chi connectivity index (χ4n) is 2.31. The van der Waals surface area contributed by atoms with Crippen molar-refractivity contribution >= 4 is 5.97 Å². The average Bonchev–Trinajstić information content (AvgIpc) is 2.53. The maximum Gasteiger partial charge on any atom is 0.325 e. The van der Waals surface area contributed by atoms with E-state index < -0.39 is 12.0 Å².